The molecule has 0 bridgehead atoms. The van der Waals surface area contributed by atoms with Crippen molar-refractivity contribution < 1.29 is 14.2 Å². The molecule has 0 amide bonds. The highest BCUT2D eigenvalue weighted by molar-refractivity contribution is 5.55. The zero-order valence-corrected chi connectivity index (χ0v) is 11.5. The molecule has 0 spiro atoms. The minimum atomic E-state index is -0.829. The number of rotatable bonds is 6. The number of benzene rings is 1. The third-order valence-corrected chi connectivity index (χ3v) is 3.04. The number of halogens is 1. The van der Waals surface area contributed by atoms with Crippen LogP contribution in [0.2, 0.25) is 0 Å². The van der Waals surface area contributed by atoms with E-state index in [1.54, 1.807) is 20.1 Å². The van der Waals surface area contributed by atoms with Crippen LogP contribution in [0.25, 0.3) is 0 Å². The third kappa shape index (κ3) is 3.21. The van der Waals surface area contributed by atoms with E-state index in [9.17, 15) is 9.50 Å². The van der Waals surface area contributed by atoms with Crippen LogP contribution in [0.1, 0.15) is 32.4 Å². The van der Waals surface area contributed by atoms with Crippen LogP contribution in [-0.2, 0) is 4.74 Å². The van der Waals surface area contributed by atoms with Gasteiger partial charge in [-0.15, -0.1) is 0 Å². The van der Waals surface area contributed by atoms with Gasteiger partial charge in [-0.1, -0.05) is 6.07 Å². The summed E-state index contributed by atoms with van der Waals surface area (Å²) >= 11 is 0. The van der Waals surface area contributed by atoms with Crippen LogP contribution in [0.3, 0.4) is 0 Å². The van der Waals surface area contributed by atoms with E-state index in [4.69, 9.17) is 4.74 Å². The van der Waals surface area contributed by atoms with E-state index < -0.39 is 6.10 Å². The van der Waals surface area contributed by atoms with Gasteiger partial charge in [0, 0.05) is 30.9 Å². The second kappa shape index (κ2) is 6.71. The number of hydrogen-bond donors (Lipinski definition) is 1. The topological polar surface area (TPSA) is 32.7 Å². The van der Waals surface area contributed by atoms with Gasteiger partial charge < -0.3 is 14.7 Å². The molecule has 0 aliphatic heterocycles. The molecule has 0 saturated carbocycles. The maximum Gasteiger partial charge on any atom is 0.131 e. The van der Waals surface area contributed by atoms with Crippen molar-refractivity contribution in [1.82, 2.24) is 0 Å². The Bertz CT molecular complexity index is 382. The number of ether oxygens (including phenoxy) is 1. The van der Waals surface area contributed by atoms with Gasteiger partial charge in [0.1, 0.15) is 5.82 Å². The first kappa shape index (κ1) is 14.9. The molecule has 1 aromatic rings. The molecule has 0 aromatic heterocycles. The Kier molecular flexibility index (Phi) is 5.56. The van der Waals surface area contributed by atoms with Crippen LogP contribution in [0, 0.1) is 5.82 Å². The summed E-state index contributed by atoms with van der Waals surface area (Å²) in [6, 6.07) is 5.00. The Morgan fingerprint density at radius 1 is 1.39 bits per heavy atom. The van der Waals surface area contributed by atoms with E-state index in [0.29, 0.717) is 12.2 Å². The largest absolute Gasteiger partial charge is 0.389 e. The average Bonchev–Trinajstić information content (AvgIpc) is 2.29. The van der Waals surface area contributed by atoms with Gasteiger partial charge in [-0.25, -0.2) is 4.39 Å². The Morgan fingerprint density at radius 3 is 2.56 bits per heavy atom. The van der Waals surface area contributed by atoms with Crippen LogP contribution < -0.4 is 4.90 Å². The summed E-state index contributed by atoms with van der Waals surface area (Å²) in [5, 5.41) is 9.74. The molecule has 1 aromatic carbocycles. The molecule has 18 heavy (non-hydrogen) atoms. The molecule has 4 heteroatoms. The fraction of sp³-hybridized carbons (Fsp3) is 0.571. The molecule has 0 fully saturated rings. The molecule has 0 radical (unpaired) electrons. The Labute approximate surface area is 108 Å². The Morgan fingerprint density at radius 2 is 2.06 bits per heavy atom. The maximum atomic E-state index is 13.8. The zero-order valence-electron chi connectivity index (χ0n) is 11.5. The first-order valence-corrected chi connectivity index (χ1v) is 6.24. The zero-order chi connectivity index (χ0) is 13.7. The summed E-state index contributed by atoms with van der Waals surface area (Å²) in [5.74, 6) is -0.370. The Hall–Kier alpha value is -1.13. The van der Waals surface area contributed by atoms with Crippen LogP contribution in [-0.4, -0.2) is 31.4 Å². The number of methoxy groups -OCH3 is 1. The summed E-state index contributed by atoms with van der Waals surface area (Å²) in [7, 11) is 1.64. The predicted molar refractivity (Wildman–Crippen MR) is 71.4 cm³/mol. The van der Waals surface area contributed by atoms with Crippen molar-refractivity contribution in [3.05, 3.63) is 29.6 Å². The quantitative estimate of drug-likeness (QED) is 0.848. The number of aliphatic hydroxyl groups excluding tert-OH is 1. The van der Waals surface area contributed by atoms with Crippen LogP contribution in [0.5, 0.6) is 0 Å². The van der Waals surface area contributed by atoms with Crippen molar-refractivity contribution in [3.8, 4) is 0 Å². The van der Waals surface area contributed by atoms with Crippen molar-refractivity contribution in [1.29, 1.82) is 0 Å². The lowest BCUT2D eigenvalue weighted by molar-refractivity contribution is 0.179. The molecule has 1 unspecified atom stereocenters. The smallest absolute Gasteiger partial charge is 0.131 e. The van der Waals surface area contributed by atoms with E-state index in [0.717, 1.165) is 12.2 Å². The first-order valence-electron chi connectivity index (χ1n) is 6.24. The third-order valence-electron chi connectivity index (χ3n) is 3.04. The normalized spacial score (nSPS) is 14.3. The van der Waals surface area contributed by atoms with Gasteiger partial charge in [0.15, 0.2) is 0 Å². The molecule has 1 rings (SSSR count). The molecule has 0 heterocycles. The van der Waals surface area contributed by atoms with Gasteiger partial charge in [-0.3, -0.25) is 0 Å². The minimum Gasteiger partial charge on any atom is -0.389 e. The number of likely N-dealkylation sites (N-methyl/N-ethyl adjacent to an activating group) is 1. The molecule has 0 aliphatic carbocycles. The number of hydrogen-bond acceptors (Lipinski definition) is 3. The van der Waals surface area contributed by atoms with Gasteiger partial charge in [-0.05, 0) is 32.9 Å². The standard InChI is InChI=1S/C14H22FNO2/c1-5-16(10(2)9-18-4)13-8-6-7-12(15)14(13)11(3)17/h6-8,10-11,17H,5,9H2,1-4H3/t10?,11-/m1/s1. The number of aliphatic hydroxyl groups is 1. The highest BCUT2D eigenvalue weighted by Crippen LogP contribution is 2.30. The lowest BCUT2D eigenvalue weighted by Gasteiger charge is -2.32. The number of anilines is 1. The molecule has 3 nitrogen and oxygen atoms in total. The highest BCUT2D eigenvalue weighted by atomic mass is 19.1. The summed E-state index contributed by atoms with van der Waals surface area (Å²) in [6.07, 6.45) is -0.829. The van der Waals surface area contributed by atoms with Crippen LogP contribution in [0.4, 0.5) is 10.1 Å². The van der Waals surface area contributed by atoms with Gasteiger partial charge in [0.2, 0.25) is 0 Å². The van der Waals surface area contributed by atoms with E-state index in [1.165, 1.54) is 6.07 Å². The predicted octanol–water partition coefficient (Wildman–Crippen LogP) is 2.74. The summed E-state index contributed by atoms with van der Waals surface area (Å²) in [5.41, 5.74) is 1.08. The van der Waals surface area contributed by atoms with E-state index in [-0.39, 0.29) is 11.9 Å². The summed E-state index contributed by atoms with van der Waals surface area (Å²) in [6.45, 7) is 6.89. The van der Waals surface area contributed by atoms with Gasteiger partial charge >= 0.3 is 0 Å². The van der Waals surface area contributed by atoms with Crippen molar-refractivity contribution in [2.45, 2.75) is 32.9 Å². The van der Waals surface area contributed by atoms with Crippen molar-refractivity contribution in [2.24, 2.45) is 0 Å². The van der Waals surface area contributed by atoms with E-state index in [2.05, 4.69) is 0 Å². The minimum absolute atomic E-state index is 0.124. The lowest BCUT2D eigenvalue weighted by Crippen LogP contribution is -2.37. The second-order valence-electron chi connectivity index (χ2n) is 4.44. The molecular weight excluding hydrogens is 233 g/mol. The van der Waals surface area contributed by atoms with Gasteiger partial charge in [0.05, 0.1) is 12.7 Å². The van der Waals surface area contributed by atoms with E-state index in [1.807, 2.05) is 24.8 Å². The monoisotopic (exact) mass is 255 g/mol. The van der Waals surface area contributed by atoms with Gasteiger partial charge in [0.25, 0.3) is 0 Å². The first-order chi connectivity index (χ1) is 8.52. The summed E-state index contributed by atoms with van der Waals surface area (Å²) in [4.78, 5) is 2.04. The van der Waals surface area contributed by atoms with Crippen molar-refractivity contribution >= 4 is 5.69 Å². The molecule has 0 saturated heterocycles. The molecule has 102 valence electrons. The molecular formula is C14H22FNO2. The average molecular weight is 255 g/mol. The second-order valence-corrected chi connectivity index (χ2v) is 4.44. The number of nitrogens with zero attached hydrogens (tertiary/aromatic N) is 1. The van der Waals surface area contributed by atoms with E-state index >= 15 is 0 Å². The Balaban J connectivity index is 3.16. The molecule has 2 atom stereocenters. The van der Waals surface area contributed by atoms with Crippen LogP contribution >= 0.6 is 0 Å². The molecule has 0 aliphatic rings. The van der Waals surface area contributed by atoms with Crippen molar-refractivity contribution in [2.75, 3.05) is 25.2 Å². The molecule has 1 N–H and O–H groups in total. The van der Waals surface area contributed by atoms with Crippen molar-refractivity contribution in [3.63, 3.8) is 0 Å². The maximum absolute atomic E-state index is 13.8. The SMILES string of the molecule is CCN(c1cccc(F)c1[C@@H](C)O)C(C)COC. The summed E-state index contributed by atoms with van der Waals surface area (Å²) < 4.78 is 19.0. The van der Waals surface area contributed by atoms with Crippen LogP contribution in [0.15, 0.2) is 18.2 Å². The fourth-order valence-corrected chi connectivity index (χ4v) is 2.24. The fourth-order valence-electron chi connectivity index (χ4n) is 2.24. The highest BCUT2D eigenvalue weighted by Gasteiger charge is 2.20. The van der Waals surface area contributed by atoms with Gasteiger partial charge in [-0.2, -0.15) is 0 Å². The lowest BCUT2D eigenvalue weighted by atomic mass is 10.1.